The Labute approximate surface area is 273 Å². The van der Waals surface area contributed by atoms with Crippen LogP contribution < -0.4 is 5.32 Å². The number of pyridine rings is 1. The maximum Gasteiger partial charge on any atom is 0.254 e. The first kappa shape index (κ1) is 30.7. The molecule has 1 unspecified atom stereocenters. The predicted molar refractivity (Wildman–Crippen MR) is 170 cm³/mol. The molecule has 1 N–H and O–H groups in total. The number of aromatic nitrogens is 1. The number of fused-ring (bicyclic) bond motifs is 1. The maximum absolute atomic E-state index is 14.5. The predicted octanol–water partition coefficient (Wildman–Crippen LogP) is 5.07. The van der Waals surface area contributed by atoms with Crippen LogP contribution in [-0.4, -0.2) is 59.0 Å². The molecule has 4 atom stereocenters. The van der Waals surface area contributed by atoms with Gasteiger partial charge < -0.3 is 5.32 Å². The first-order valence-electron chi connectivity index (χ1n) is 13.9. The number of halogens is 2. The summed E-state index contributed by atoms with van der Waals surface area (Å²) in [5.74, 6) is -0.297. The van der Waals surface area contributed by atoms with Gasteiger partial charge in [0.2, 0.25) is 0 Å². The van der Waals surface area contributed by atoms with Gasteiger partial charge in [0.25, 0.3) is 15.9 Å². The number of nitriles is 1. The van der Waals surface area contributed by atoms with Crippen molar-refractivity contribution < 1.29 is 18.0 Å². The Balaban J connectivity index is 1.33. The molecule has 1 aromatic carbocycles. The van der Waals surface area contributed by atoms with E-state index in [1.54, 1.807) is 66.7 Å². The highest BCUT2D eigenvalue weighted by Gasteiger charge is 2.65. The summed E-state index contributed by atoms with van der Waals surface area (Å²) in [6.45, 7) is 2.31. The van der Waals surface area contributed by atoms with Crippen molar-refractivity contribution in [2.45, 2.75) is 35.6 Å². The third-order valence-electron chi connectivity index (χ3n) is 8.36. The number of sulfonamides is 1. The standard InChI is InChI=1S/C31H27BrClN5O4S2/c1-19(33)8-11-31(15-20-9-12-35-13-10-20)30(40)38(27(36-31)14-25(39)22-4-2-21(16-34)3-5-22)29-23-17-37(18-24(23)29)44(41,42)28-7-6-26(32)43-28/h2-10,12-14,23-24,29,36H,11,15,17-18H2,1H3/b19-8-,27-14+/t23-,24+,29+,31?. The van der Waals surface area contributed by atoms with E-state index in [1.165, 1.54) is 21.7 Å². The minimum Gasteiger partial charge on any atom is -0.357 e. The number of amides is 1. The average Bonchev–Trinajstić information content (AvgIpc) is 3.35. The minimum absolute atomic E-state index is 0.0747. The quantitative estimate of drug-likeness (QED) is 0.243. The maximum atomic E-state index is 14.5. The Kier molecular flexibility index (Phi) is 8.28. The van der Waals surface area contributed by atoms with E-state index in [0.29, 0.717) is 28.4 Å². The molecule has 13 heteroatoms. The van der Waals surface area contributed by atoms with E-state index in [2.05, 4.69) is 26.2 Å². The Morgan fingerprint density at radius 1 is 1.18 bits per heavy atom. The van der Waals surface area contributed by atoms with E-state index in [4.69, 9.17) is 16.9 Å². The first-order chi connectivity index (χ1) is 21.0. The van der Waals surface area contributed by atoms with Crippen molar-refractivity contribution >= 4 is 60.6 Å². The highest BCUT2D eigenvalue weighted by molar-refractivity contribution is 9.11. The van der Waals surface area contributed by atoms with Crippen molar-refractivity contribution in [1.29, 1.82) is 5.26 Å². The summed E-state index contributed by atoms with van der Waals surface area (Å²) in [6.07, 6.45) is 7.15. The van der Waals surface area contributed by atoms with Crippen molar-refractivity contribution in [1.82, 2.24) is 19.5 Å². The Hall–Kier alpha value is -3.34. The molecule has 4 heterocycles. The van der Waals surface area contributed by atoms with Gasteiger partial charge in [-0.2, -0.15) is 9.57 Å². The first-order valence-corrected chi connectivity index (χ1v) is 17.3. The normalized spacial score (nSPS) is 26.0. The summed E-state index contributed by atoms with van der Waals surface area (Å²) in [7, 11) is -3.65. The van der Waals surface area contributed by atoms with Crippen LogP contribution in [0.5, 0.6) is 0 Å². The van der Waals surface area contributed by atoms with E-state index in [-0.39, 0.29) is 53.3 Å². The number of nitrogens with zero attached hydrogens (tertiary/aromatic N) is 4. The van der Waals surface area contributed by atoms with Crippen LogP contribution in [0.3, 0.4) is 0 Å². The van der Waals surface area contributed by atoms with Crippen LogP contribution in [0, 0.1) is 23.2 Å². The van der Waals surface area contributed by atoms with E-state index in [1.807, 2.05) is 18.2 Å². The molecule has 9 nitrogen and oxygen atoms in total. The molecule has 6 rings (SSSR count). The van der Waals surface area contributed by atoms with Crippen LogP contribution in [0.1, 0.15) is 34.8 Å². The van der Waals surface area contributed by atoms with E-state index >= 15 is 0 Å². The molecule has 0 spiro atoms. The zero-order chi connectivity index (χ0) is 31.2. The molecule has 3 fully saturated rings. The lowest BCUT2D eigenvalue weighted by molar-refractivity contribution is -0.132. The van der Waals surface area contributed by atoms with E-state index in [9.17, 15) is 18.0 Å². The fraction of sp³-hybridized carbons (Fsp3) is 0.290. The highest BCUT2D eigenvalue weighted by Crippen LogP contribution is 2.53. The lowest BCUT2D eigenvalue weighted by Gasteiger charge is -2.27. The molecule has 44 heavy (non-hydrogen) atoms. The zero-order valence-electron chi connectivity index (χ0n) is 23.5. The number of thiophene rings is 1. The lowest BCUT2D eigenvalue weighted by Crippen LogP contribution is -2.49. The average molecular weight is 713 g/mol. The Morgan fingerprint density at radius 3 is 2.45 bits per heavy atom. The van der Waals surface area contributed by atoms with Gasteiger partial charge in [-0.05, 0) is 83.4 Å². The summed E-state index contributed by atoms with van der Waals surface area (Å²) in [5, 5.41) is 13.1. The molecule has 1 aliphatic carbocycles. The van der Waals surface area contributed by atoms with Crippen LogP contribution in [0.15, 0.2) is 91.9 Å². The topological polar surface area (TPSA) is 123 Å². The summed E-state index contributed by atoms with van der Waals surface area (Å²) in [6, 6.07) is 15.1. The molecule has 3 aliphatic rings. The van der Waals surface area contributed by atoms with Gasteiger partial charge in [-0.25, -0.2) is 8.42 Å². The van der Waals surface area contributed by atoms with Crippen LogP contribution in [0.4, 0.5) is 0 Å². The van der Waals surface area contributed by atoms with Gasteiger partial charge in [-0.1, -0.05) is 17.7 Å². The smallest absolute Gasteiger partial charge is 0.254 e. The van der Waals surface area contributed by atoms with Gasteiger partial charge in [0.1, 0.15) is 15.6 Å². The molecule has 2 aromatic heterocycles. The molecular weight excluding hydrogens is 686 g/mol. The molecular formula is C31H27BrClN5O4S2. The number of nitrogens with one attached hydrogen (secondary N) is 1. The number of rotatable bonds is 9. The van der Waals surface area contributed by atoms with Crippen molar-refractivity contribution in [3.63, 3.8) is 0 Å². The van der Waals surface area contributed by atoms with Crippen LogP contribution >= 0.6 is 38.9 Å². The van der Waals surface area contributed by atoms with Crippen LogP contribution in [0.25, 0.3) is 0 Å². The molecule has 2 saturated heterocycles. The number of piperidine rings is 1. The second-order valence-electron chi connectivity index (χ2n) is 11.2. The minimum atomic E-state index is -3.65. The summed E-state index contributed by atoms with van der Waals surface area (Å²) in [4.78, 5) is 33.7. The Morgan fingerprint density at radius 2 is 1.86 bits per heavy atom. The third kappa shape index (κ3) is 5.75. The molecule has 1 amide bonds. The van der Waals surface area contributed by atoms with Gasteiger partial charge in [0, 0.05) is 66.5 Å². The fourth-order valence-electron chi connectivity index (χ4n) is 6.11. The lowest BCUT2D eigenvalue weighted by atomic mass is 9.87. The van der Waals surface area contributed by atoms with Crippen LogP contribution in [-0.2, 0) is 21.2 Å². The molecule has 2 aliphatic heterocycles. The third-order valence-corrected chi connectivity index (χ3v) is 12.4. The van der Waals surface area contributed by atoms with Gasteiger partial charge in [-0.3, -0.25) is 19.5 Å². The number of benzene rings is 1. The van der Waals surface area contributed by atoms with Crippen molar-refractivity contribution in [3.05, 3.63) is 104 Å². The van der Waals surface area contributed by atoms with Gasteiger partial charge in [-0.15, -0.1) is 11.3 Å². The largest absolute Gasteiger partial charge is 0.357 e. The van der Waals surface area contributed by atoms with Gasteiger partial charge in [0.15, 0.2) is 5.78 Å². The highest BCUT2D eigenvalue weighted by atomic mass is 79.9. The van der Waals surface area contributed by atoms with Crippen molar-refractivity contribution in [2.75, 3.05) is 13.1 Å². The number of hydrogen-bond donors (Lipinski definition) is 1. The zero-order valence-corrected chi connectivity index (χ0v) is 27.5. The molecule has 0 radical (unpaired) electrons. The fourth-order valence-corrected chi connectivity index (χ4v) is 9.87. The number of carbonyl (C=O) groups excluding carboxylic acids is 2. The van der Waals surface area contributed by atoms with Crippen molar-refractivity contribution in [3.8, 4) is 6.07 Å². The summed E-state index contributed by atoms with van der Waals surface area (Å²) >= 11 is 10.7. The summed E-state index contributed by atoms with van der Waals surface area (Å²) in [5.41, 5.74) is 0.575. The van der Waals surface area contributed by atoms with Gasteiger partial charge in [0.05, 0.1) is 15.4 Å². The number of hydrogen-bond acceptors (Lipinski definition) is 8. The van der Waals surface area contributed by atoms with E-state index < -0.39 is 15.6 Å². The van der Waals surface area contributed by atoms with Gasteiger partial charge >= 0.3 is 0 Å². The van der Waals surface area contributed by atoms with Crippen LogP contribution in [0.2, 0.25) is 0 Å². The Bertz CT molecular complexity index is 1820. The molecule has 3 aromatic rings. The number of allylic oxidation sites excluding steroid dienone is 2. The number of ketones is 1. The molecule has 0 bridgehead atoms. The van der Waals surface area contributed by atoms with Crippen molar-refractivity contribution in [2.24, 2.45) is 11.8 Å². The second kappa shape index (κ2) is 11.9. The molecule has 1 saturated carbocycles. The molecule has 226 valence electrons. The SMILES string of the molecule is C/C(Cl)=C/CC1(Cc2ccncc2)N/C(=C\C(=O)c2ccc(C#N)cc2)N([C@H]2[C@@H]3CN(S(=O)(=O)c4ccc(Br)s4)C[C@@H]32)C1=O. The number of carbonyl (C=O) groups is 2. The van der Waals surface area contributed by atoms with E-state index in [0.717, 1.165) is 9.35 Å². The monoisotopic (exact) mass is 711 g/mol. The summed E-state index contributed by atoms with van der Waals surface area (Å²) < 4.78 is 29.1. The second-order valence-corrected chi connectivity index (χ2v) is 16.4.